The molecule has 0 aliphatic rings. The van der Waals surface area contributed by atoms with Crippen molar-refractivity contribution in [3.8, 4) is 0 Å². The van der Waals surface area contributed by atoms with Gasteiger partial charge in [0.1, 0.15) is 0 Å². The topological polar surface area (TPSA) is 20.2 Å². The van der Waals surface area contributed by atoms with Crippen LogP contribution in [0.25, 0.3) is 0 Å². The normalized spacial score (nSPS) is 15.8. The molecule has 0 aliphatic carbocycles. The average Bonchev–Trinajstić information content (AvgIpc) is 1.87. The van der Waals surface area contributed by atoms with Crippen LogP contribution < -0.4 is 0 Å². The van der Waals surface area contributed by atoms with Crippen LogP contribution in [0.1, 0.15) is 33.6 Å². The summed E-state index contributed by atoms with van der Waals surface area (Å²) in [6, 6.07) is 0. The predicted molar refractivity (Wildman–Crippen MR) is 40.3 cm³/mol. The molecule has 9 heavy (non-hydrogen) atoms. The molecule has 0 aromatic heterocycles. The van der Waals surface area contributed by atoms with Gasteiger partial charge in [-0.15, -0.1) is 0 Å². The molecular formula is C8H16O. The third-order valence-corrected chi connectivity index (χ3v) is 1.52. The third kappa shape index (κ3) is 4.22. The number of aliphatic hydroxyl groups is 1. The quantitative estimate of drug-likeness (QED) is 0.577. The Hall–Kier alpha value is -0.300. The molecule has 0 radical (unpaired) electrons. The number of hydrogen-bond donors (Lipinski definition) is 1. The minimum absolute atomic E-state index is 0.138. The Morgan fingerprint density at radius 1 is 1.67 bits per heavy atom. The fourth-order valence-electron chi connectivity index (χ4n) is 0.634. The van der Waals surface area contributed by atoms with Crippen molar-refractivity contribution in [2.45, 2.75) is 39.7 Å². The molecular weight excluding hydrogens is 112 g/mol. The van der Waals surface area contributed by atoms with E-state index in [1.54, 1.807) is 0 Å². The summed E-state index contributed by atoms with van der Waals surface area (Å²) < 4.78 is 0. The van der Waals surface area contributed by atoms with E-state index < -0.39 is 0 Å². The molecule has 1 heteroatoms. The summed E-state index contributed by atoms with van der Waals surface area (Å²) in [7, 11) is 0. The highest BCUT2D eigenvalue weighted by Crippen LogP contribution is 2.05. The van der Waals surface area contributed by atoms with Crippen molar-refractivity contribution in [3.63, 3.8) is 0 Å². The number of allylic oxidation sites excluding steroid dienone is 1. The molecule has 1 N–H and O–H groups in total. The lowest BCUT2D eigenvalue weighted by molar-refractivity contribution is 0.170. The lowest BCUT2D eigenvalue weighted by Crippen LogP contribution is -2.03. The Morgan fingerprint density at radius 2 is 2.22 bits per heavy atom. The lowest BCUT2D eigenvalue weighted by Gasteiger charge is -2.05. The van der Waals surface area contributed by atoms with E-state index in [1.165, 1.54) is 5.57 Å². The van der Waals surface area contributed by atoms with Crippen molar-refractivity contribution in [2.75, 3.05) is 0 Å². The Kier molecular flexibility index (Phi) is 4.41. The van der Waals surface area contributed by atoms with Gasteiger partial charge >= 0.3 is 0 Å². The van der Waals surface area contributed by atoms with Gasteiger partial charge in [-0.25, -0.2) is 0 Å². The Labute approximate surface area is 57.4 Å². The van der Waals surface area contributed by atoms with Crippen LogP contribution in [0.3, 0.4) is 0 Å². The van der Waals surface area contributed by atoms with Crippen LogP contribution in [-0.4, -0.2) is 11.2 Å². The zero-order valence-corrected chi connectivity index (χ0v) is 6.52. The first kappa shape index (κ1) is 8.70. The van der Waals surface area contributed by atoms with Gasteiger partial charge in [-0.05, 0) is 26.7 Å². The van der Waals surface area contributed by atoms with E-state index in [0.29, 0.717) is 0 Å². The Bertz CT molecular complexity index is 94.7. The molecule has 0 saturated carbocycles. The van der Waals surface area contributed by atoms with Gasteiger partial charge in [0.05, 0.1) is 6.10 Å². The van der Waals surface area contributed by atoms with E-state index in [0.717, 1.165) is 12.8 Å². The molecule has 0 rings (SSSR count). The Balaban J connectivity index is 3.47. The van der Waals surface area contributed by atoms with Crippen molar-refractivity contribution in [1.82, 2.24) is 0 Å². The summed E-state index contributed by atoms with van der Waals surface area (Å²) >= 11 is 0. The van der Waals surface area contributed by atoms with Crippen molar-refractivity contribution < 1.29 is 5.11 Å². The van der Waals surface area contributed by atoms with E-state index in [2.05, 4.69) is 0 Å². The first-order chi connectivity index (χ1) is 4.20. The third-order valence-electron chi connectivity index (χ3n) is 1.52. The van der Waals surface area contributed by atoms with Crippen LogP contribution in [0.4, 0.5) is 0 Å². The second-order valence-electron chi connectivity index (χ2n) is 2.40. The Morgan fingerprint density at radius 3 is 2.56 bits per heavy atom. The highest BCUT2D eigenvalue weighted by Gasteiger charge is 1.98. The minimum Gasteiger partial charge on any atom is -0.393 e. The van der Waals surface area contributed by atoms with E-state index in [-0.39, 0.29) is 6.10 Å². The van der Waals surface area contributed by atoms with E-state index >= 15 is 0 Å². The summed E-state index contributed by atoms with van der Waals surface area (Å²) in [5.74, 6) is 0. The summed E-state index contributed by atoms with van der Waals surface area (Å²) in [6.45, 7) is 6.03. The first-order valence-corrected chi connectivity index (χ1v) is 3.50. The fourth-order valence-corrected chi connectivity index (χ4v) is 0.634. The summed E-state index contributed by atoms with van der Waals surface area (Å²) in [6.07, 6.45) is 3.58. The van der Waals surface area contributed by atoms with Crippen LogP contribution in [0.2, 0.25) is 0 Å². The molecule has 1 atom stereocenters. The van der Waals surface area contributed by atoms with E-state index in [1.807, 2.05) is 26.8 Å². The van der Waals surface area contributed by atoms with E-state index in [4.69, 9.17) is 5.11 Å². The molecule has 0 amide bonds. The molecule has 0 saturated heterocycles. The van der Waals surface area contributed by atoms with Gasteiger partial charge in [-0.3, -0.25) is 0 Å². The second-order valence-corrected chi connectivity index (χ2v) is 2.40. The molecule has 0 spiro atoms. The molecule has 1 nitrogen and oxygen atoms in total. The molecule has 0 unspecified atom stereocenters. The lowest BCUT2D eigenvalue weighted by atomic mass is 10.1. The zero-order chi connectivity index (χ0) is 7.28. The van der Waals surface area contributed by atoms with Gasteiger partial charge in [0.25, 0.3) is 0 Å². The van der Waals surface area contributed by atoms with Crippen molar-refractivity contribution in [2.24, 2.45) is 0 Å². The smallest absolute Gasteiger partial charge is 0.0574 e. The molecule has 54 valence electrons. The van der Waals surface area contributed by atoms with Gasteiger partial charge < -0.3 is 5.11 Å². The van der Waals surface area contributed by atoms with Crippen LogP contribution in [0.15, 0.2) is 11.6 Å². The molecule has 0 bridgehead atoms. The van der Waals surface area contributed by atoms with E-state index in [9.17, 15) is 0 Å². The number of hydrogen-bond acceptors (Lipinski definition) is 1. The van der Waals surface area contributed by atoms with Crippen molar-refractivity contribution >= 4 is 0 Å². The highest BCUT2D eigenvalue weighted by atomic mass is 16.3. The zero-order valence-electron chi connectivity index (χ0n) is 6.52. The maximum atomic E-state index is 9.12. The van der Waals surface area contributed by atoms with Gasteiger partial charge in [-0.1, -0.05) is 18.6 Å². The van der Waals surface area contributed by atoms with Crippen molar-refractivity contribution in [3.05, 3.63) is 11.6 Å². The van der Waals surface area contributed by atoms with Crippen LogP contribution in [0, 0.1) is 0 Å². The van der Waals surface area contributed by atoms with Gasteiger partial charge in [0.15, 0.2) is 0 Å². The monoisotopic (exact) mass is 128 g/mol. The molecule has 0 aromatic rings. The second kappa shape index (κ2) is 4.57. The van der Waals surface area contributed by atoms with Crippen LogP contribution in [-0.2, 0) is 0 Å². The number of aliphatic hydroxyl groups excluding tert-OH is 1. The largest absolute Gasteiger partial charge is 0.393 e. The molecule has 0 aliphatic heterocycles. The first-order valence-electron chi connectivity index (χ1n) is 3.50. The standard InChI is InChI=1S/C8H16O/c1-4-7(3)6-8(9)5-2/h4,8-9H,5-6H2,1-3H3/b7-4+/t8-/m1/s1. The maximum absolute atomic E-state index is 9.12. The summed E-state index contributed by atoms with van der Waals surface area (Å²) in [5, 5.41) is 9.12. The summed E-state index contributed by atoms with van der Waals surface area (Å²) in [5.41, 5.74) is 1.27. The summed E-state index contributed by atoms with van der Waals surface area (Å²) in [4.78, 5) is 0. The predicted octanol–water partition coefficient (Wildman–Crippen LogP) is 2.11. The minimum atomic E-state index is -0.138. The SMILES string of the molecule is C/C=C(\C)C[C@H](O)CC. The maximum Gasteiger partial charge on any atom is 0.0574 e. The molecule has 0 heterocycles. The fraction of sp³-hybridized carbons (Fsp3) is 0.750. The highest BCUT2D eigenvalue weighted by molar-refractivity contribution is 4.96. The van der Waals surface area contributed by atoms with Crippen LogP contribution in [0.5, 0.6) is 0 Å². The van der Waals surface area contributed by atoms with Gasteiger partial charge in [-0.2, -0.15) is 0 Å². The van der Waals surface area contributed by atoms with Gasteiger partial charge in [0.2, 0.25) is 0 Å². The van der Waals surface area contributed by atoms with Gasteiger partial charge in [0, 0.05) is 0 Å². The van der Waals surface area contributed by atoms with Crippen molar-refractivity contribution in [1.29, 1.82) is 0 Å². The average molecular weight is 128 g/mol. The number of rotatable bonds is 3. The molecule has 0 aromatic carbocycles. The molecule has 0 fully saturated rings. The van der Waals surface area contributed by atoms with Crippen LogP contribution >= 0.6 is 0 Å².